The SMILES string of the molecule is Cc1nsc2nc(-c3ccc(F)cc3)c(-c3ccnc(NC(C)c4ccccc4)n3)cc12. The lowest BCUT2D eigenvalue weighted by Crippen LogP contribution is -2.09. The molecule has 3 heterocycles. The Balaban J connectivity index is 1.59. The standard InChI is InChI=1S/C25H20FN5S/c1-15(17-6-4-3-5-7-17)28-25-27-13-12-22(29-25)21-14-20-16(2)31-32-24(20)30-23(21)18-8-10-19(26)11-9-18/h3-15H,1-2H3,(H,27,28,29). The normalized spacial score (nSPS) is 12.1. The minimum atomic E-state index is -0.284. The summed E-state index contributed by atoms with van der Waals surface area (Å²) in [5, 5.41) is 4.36. The molecule has 0 radical (unpaired) electrons. The summed E-state index contributed by atoms with van der Waals surface area (Å²) in [5.41, 5.74) is 5.22. The Morgan fingerprint density at radius 3 is 2.53 bits per heavy atom. The first-order chi connectivity index (χ1) is 15.6. The fourth-order valence-electron chi connectivity index (χ4n) is 3.61. The van der Waals surface area contributed by atoms with Crippen molar-refractivity contribution in [3.8, 4) is 22.5 Å². The largest absolute Gasteiger partial charge is 0.348 e. The molecule has 2 aromatic carbocycles. The van der Waals surface area contributed by atoms with Gasteiger partial charge in [0.15, 0.2) is 0 Å². The minimum Gasteiger partial charge on any atom is -0.348 e. The average Bonchev–Trinajstić information content (AvgIpc) is 3.19. The van der Waals surface area contributed by atoms with Crippen LogP contribution in [0.5, 0.6) is 0 Å². The van der Waals surface area contributed by atoms with E-state index in [9.17, 15) is 4.39 Å². The maximum Gasteiger partial charge on any atom is 0.223 e. The van der Waals surface area contributed by atoms with Crippen LogP contribution in [-0.4, -0.2) is 19.3 Å². The first-order valence-electron chi connectivity index (χ1n) is 10.3. The molecule has 1 unspecified atom stereocenters. The van der Waals surface area contributed by atoms with Crippen LogP contribution in [0.4, 0.5) is 10.3 Å². The monoisotopic (exact) mass is 441 g/mol. The Morgan fingerprint density at radius 1 is 0.969 bits per heavy atom. The fourth-order valence-corrected chi connectivity index (χ4v) is 4.36. The predicted molar refractivity (Wildman–Crippen MR) is 127 cm³/mol. The molecule has 5 aromatic rings. The van der Waals surface area contributed by atoms with Crippen LogP contribution in [0.15, 0.2) is 72.9 Å². The molecular weight excluding hydrogens is 421 g/mol. The molecule has 0 spiro atoms. The van der Waals surface area contributed by atoms with Gasteiger partial charge in [0.1, 0.15) is 10.6 Å². The molecule has 0 saturated heterocycles. The quantitative estimate of drug-likeness (QED) is 0.340. The van der Waals surface area contributed by atoms with E-state index >= 15 is 0 Å². The second-order valence-electron chi connectivity index (χ2n) is 7.55. The molecule has 3 aromatic heterocycles. The number of hydrogen-bond acceptors (Lipinski definition) is 6. The van der Waals surface area contributed by atoms with Crippen molar-refractivity contribution in [2.45, 2.75) is 19.9 Å². The Labute approximate surface area is 189 Å². The highest BCUT2D eigenvalue weighted by atomic mass is 32.1. The summed E-state index contributed by atoms with van der Waals surface area (Å²) in [6.45, 7) is 4.04. The predicted octanol–water partition coefficient (Wildman–Crippen LogP) is 6.44. The van der Waals surface area contributed by atoms with Gasteiger partial charge in [-0.1, -0.05) is 30.3 Å². The number of nitrogens with zero attached hydrogens (tertiary/aromatic N) is 4. The first kappa shape index (κ1) is 20.2. The van der Waals surface area contributed by atoms with Crippen LogP contribution in [-0.2, 0) is 0 Å². The van der Waals surface area contributed by atoms with Gasteiger partial charge in [0.05, 0.1) is 23.1 Å². The van der Waals surface area contributed by atoms with Crippen molar-refractivity contribution >= 4 is 27.7 Å². The van der Waals surface area contributed by atoms with Gasteiger partial charge in [-0.15, -0.1) is 0 Å². The van der Waals surface area contributed by atoms with Crippen LogP contribution in [0.25, 0.3) is 32.7 Å². The zero-order chi connectivity index (χ0) is 22.1. The van der Waals surface area contributed by atoms with E-state index in [4.69, 9.17) is 9.97 Å². The lowest BCUT2D eigenvalue weighted by Gasteiger charge is -2.15. The van der Waals surface area contributed by atoms with Crippen molar-refractivity contribution in [1.29, 1.82) is 0 Å². The number of benzene rings is 2. The Kier molecular flexibility index (Phi) is 5.33. The number of pyridine rings is 1. The summed E-state index contributed by atoms with van der Waals surface area (Å²) in [6.07, 6.45) is 1.74. The zero-order valence-corrected chi connectivity index (χ0v) is 18.4. The Morgan fingerprint density at radius 2 is 1.75 bits per heavy atom. The molecule has 0 aliphatic heterocycles. The van der Waals surface area contributed by atoms with E-state index in [-0.39, 0.29) is 11.9 Å². The number of hydrogen-bond donors (Lipinski definition) is 1. The number of aromatic nitrogens is 4. The number of halogens is 1. The van der Waals surface area contributed by atoms with Crippen molar-refractivity contribution in [2.75, 3.05) is 5.32 Å². The lowest BCUT2D eigenvalue weighted by molar-refractivity contribution is 0.628. The molecule has 0 aliphatic carbocycles. The molecular formula is C25H20FN5S. The van der Waals surface area contributed by atoms with E-state index in [0.717, 1.165) is 44.0 Å². The third-order valence-electron chi connectivity index (χ3n) is 5.34. The van der Waals surface area contributed by atoms with Crippen molar-refractivity contribution in [1.82, 2.24) is 19.3 Å². The zero-order valence-electron chi connectivity index (χ0n) is 17.6. The van der Waals surface area contributed by atoms with Gasteiger partial charge in [-0.2, -0.15) is 4.37 Å². The fraction of sp³-hybridized carbons (Fsp3) is 0.120. The maximum absolute atomic E-state index is 13.5. The van der Waals surface area contributed by atoms with Gasteiger partial charge < -0.3 is 5.32 Å². The van der Waals surface area contributed by atoms with Crippen molar-refractivity contribution in [3.63, 3.8) is 0 Å². The smallest absolute Gasteiger partial charge is 0.223 e. The minimum absolute atomic E-state index is 0.0481. The molecule has 1 N–H and O–H groups in total. The van der Waals surface area contributed by atoms with Gasteiger partial charge in [-0.25, -0.2) is 19.3 Å². The summed E-state index contributed by atoms with van der Waals surface area (Å²) in [7, 11) is 0. The van der Waals surface area contributed by atoms with Crippen LogP contribution in [0, 0.1) is 12.7 Å². The molecule has 0 amide bonds. The third-order valence-corrected chi connectivity index (χ3v) is 6.19. The summed E-state index contributed by atoms with van der Waals surface area (Å²) < 4.78 is 18.0. The third kappa shape index (κ3) is 3.94. The summed E-state index contributed by atoms with van der Waals surface area (Å²) in [4.78, 5) is 14.9. The van der Waals surface area contributed by atoms with Gasteiger partial charge in [-0.3, -0.25) is 0 Å². The molecule has 0 aliphatic rings. The first-order valence-corrected chi connectivity index (χ1v) is 11.0. The average molecular weight is 442 g/mol. The molecule has 32 heavy (non-hydrogen) atoms. The molecule has 1 atom stereocenters. The van der Waals surface area contributed by atoms with Crippen molar-refractivity contribution in [2.24, 2.45) is 0 Å². The van der Waals surface area contributed by atoms with E-state index < -0.39 is 0 Å². The van der Waals surface area contributed by atoms with E-state index in [1.807, 2.05) is 31.2 Å². The van der Waals surface area contributed by atoms with Crippen molar-refractivity contribution < 1.29 is 4.39 Å². The maximum atomic E-state index is 13.5. The second-order valence-corrected chi connectivity index (χ2v) is 8.31. The van der Waals surface area contributed by atoms with Gasteiger partial charge in [-0.05, 0) is 67.3 Å². The lowest BCUT2D eigenvalue weighted by atomic mass is 10.0. The summed E-state index contributed by atoms with van der Waals surface area (Å²) in [5.74, 6) is 0.248. The van der Waals surface area contributed by atoms with E-state index in [1.54, 1.807) is 18.3 Å². The van der Waals surface area contributed by atoms with Crippen LogP contribution in [0.3, 0.4) is 0 Å². The number of rotatable bonds is 5. The van der Waals surface area contributed by atoms with E-state index in [1.165, 1.54) is 23.7 Å². The van der Waals surface area contributed by atoms with Crippen molar-refractivity contribution in [3.05, 3.63) is 90.0 Å². The van der Waals surface area contributed by atoms with Gasteiger partial charge in [0.2, 0.25) is 5.95 Å². The highest BCUT2D eigenvalue weighted by Gasteiger charge is 2.16. The number of anilines is 1. The topological polar surface area (TPSA) is 63.6 Å². The summed E-state index contributed by atoms with van der Waals surface area (Å²) >= 11 is 1.36. The van der Waals surface area contributed by atoms with Gasteiger partial charge >= 0.3 is 0 Å². The van der Waals surface area contributed by atoms with E-state index in [2.05, 4.69) is 39.8 Å². The Hall–Kier alpha value is -3.71. The molecule has 0 fully saturated rings. The number of fused-ring (bicyclic) bond motifs is 1. The highest BCUT2D eigenvalue weighted by molar-refractivity contribution is 7.13. The Bertz CT molecular complexity index is 1380. The second kappa shape index (κ2) is 8.43. The molecule has 0 bridgehead atoms. The molecule has 7 heteroatoms. The highest BCUT2D eigenvalue weighted by Crippen LogP contribution is 2.35. The van der Waals surface area contributed by atoms with E-state index in [0.29, 0.717) is 5.95 Å². The van der Waals surface area contributed by atoms with Crippen LogP contribution < -0.4 is 5.32 Å². The summed E-state index contributed by atoms with van der Waals surface area (Å²) in [6, 6.07) is 20.5. The number of nitrogens with one attached hydrogen (secondary N) is 1. The van der Waals surface area contributed by atoms with Gasteiger partial charge in [0.25, 0.3) is 0 Å². The molecule has 158 valence electrons. The van der Waals surface area contributed by atoms with Crippen LogP contribution in [0.1, 0.15) is 24.2 Å². The van der Waals surface area contributed by atoms with Gasteiger partial charge in [0, 0.05) is 22.7 Å². The molecule has 5 nitrogen and oxygen atoms in total. The van der Waals surface area contributed by atoms with Crippen LogP contribution in [0.2, 0.25) is 0 Å². The van der Waals surface area contributed by atoms with Crippen LogP contribution >= 0.6 is 11.5 Å². The molecule has 0 saturated carbocycles. The number of aryl methyl sites for hydroxylation is 1. The molecule has 5 rings (SSSR count).